The van der Waals surface area contributed by atoms with Crippen LogP contribution in [0, 0.1) is 13.8 Å². The third kappa shape index (κ3) is 3.25. The summed E-state index contributed by atoms with van der Waals surface area (Å²) in [7, 11) is 4.29. The molecule has 1 aromatic heterocycles. The number of pyridine rings is 1. The standard InChI is InChI=1S/C15H26N4/c1-11-8-17-14(12(2)15(11)16)10-19-7-5-6-13(19)9-18(3)4/h8,13H,5-7,9-10H2,1-4H3,(H2,16,17). The minimum atomic E-state index is 0.652. The Labute approximate surface area is 116 Å². The predicted molar refractivity (Wildman–Crippen MR) is 80.1 cm³/mol. The molecule has 2 heterocycles. The SMILES string of the molecule is Cc1cnc(CN2CCCC2CN(C)C)c(C)c1N. The van der Waals surface area contributed by atoms with Crippen LogP contribution in [0.5, 0.6) is 0 Å². The number of hydrogen-bond acceptors (Lipinski definition) is 4. The van der Waals surface area contributed by atoms with E-state index in [-0.39, 0.29) is 0 Å². The third-order valence-electron chi connectivity index (χ3n) is 4.10. The number of anilines is 1. The summed E-state index contributed by atoms with van der Waals surface area (Å²) in [6.45, 7) is 7.33. The van der Waals surface area contributed by atoms with Crippen LogP contribution in [0.15, 0.2) is 6.20 Å². The van der Waals surface area contributed by atoms with Gasteiger partial charge in [0.05, 0.1) is 5.69 Å². The van der Waals surface area contributed by atoms with Crippen molar-refractivity contribution in [3.8, 4) is 0 Å². The number of aryl methyl sites for hydroxylation is 1. The number of rotatable bonds is 4. The fourth-order valence-electron chi connectivity index (χ4n) is 2.88. The van der Waals surface area contributed by atoms with E-state index in [4.69, 9.17) is 5.73 Å². The molecule has 106 valence electrons. The maximum absolute atomic E-state index is 6.11. The lowest BCUT2D eigenvalue weighted by Gasteiger charge is -2.27. The van der Waals surface area contributed by atoms with Gasteiger partial charge in [-0.2, -0.15) is 0 Å². The van der Waals surface area contributed by atoms with Crippen molar-refractivity contribution in [2.24, 2.45) is 0 Å². The Hall–Kier alpha value is -1.13. The van der Waals surface area contributed by atoms with E-state index in [0.29, 0.717) is 6.04 Å². The first-order valence-corrected chi connectivity index (χ1v) is 7.08. The summed E-state index contributed by atoms with van der Waals surface area (Å²) in [6, 6.07) is 0.652. The van der Waals surface area contributed by atoms with Crippen LogP contribution in [0.1, 0.15) is 29.7 Å². The fraction of sp³-hybridized carbons (Fsp3) is 0.667. The summed E-state index contributed by atoms with van der Waals surface area (Å²) in [5.41, 5.74) is 10.4. The molecule has 0 spiro atoms. The van der Waals surface area contributed by atoms with Gasteiger partial charge in [-0.15, -0.1) is 0 Å². The first kappa shape index (κ1) is 14.3. The zero-order valence-electron chi connectivity index (χ0n) is 12.6. The number of aromatic nitrogens is 1. The van der Waals surface area contributed by atoms with Crippen LogP contribution in [0.25, 0.3) is 0 Å². The third-order valence-corrected chi connectivity index (χ3v) is 4.10. The van der Waals surface area contributed by atoms with Gasteiger partial charge >= 0.3 is 0 Å². The van der Waals surface area contributed by atoms with Crippen molar-refractivity contribution in [3.63, 3.8) is 0 Å². The van der Waals surface area contributed by atoms with Crippen LogP contribution >= 0.6 is 0 Å². The molecule has 4 heteroatoms. The van der Waals surface area contributed by atoms with Gasteiger partial charge < -0.3 is 10.6 Å². The molecule has 19 heavy (non-hydrogen) atoms. The molecule has 0 bridgehead atoms. The number of nitrogens with two attached hydrogens (primary N) is 1. The van der Waals surface area contributed by atoms with Crippen LogP contribution in [0.4, 0.5) is 5.69 Å². The average Bonchev–Trinajstić information content (AvgIpc) is 2.77. The van der Waals surface area contributed by atoms with E-state index < -0.39 is 0 Å². The van der Waals surface area contributed by atoms with Gasteiger partial charge in [0.25, 0.3) is 0 Å². The zero-order chi connectivity index (χ0) is 14.0. The maximum atomic E-state index is 6.11. The Bertz CT molecular complexity index is 442. The van der Waals surface area contributed by atoms with Gasteiger partial charge in [0.2, 0.25) is 0 Å². The Balaban J connectivity index is 2.10. The molecule has 0 aliphatic carbocycles. The van der Waals surface area contributed by atoms with E-state index in [2.05, 4.69) is 35.8 Å². The number of nitrogen functional groups attached to an aromatic ring is 1. The highest BCUT2D eigenvalue weighted by molar-refractivity contribution is 5.53. The molecule has 2 rings (SSSR count). The van der Waals surface area contributed by atoms with Gasteiger partial charge in [0.15, 0.2) is 0 Å². The van der Waals surface area contributed by atoms with Crippen molar-refractivity contribution >= 4 is 5.69 Å². The lowest BCUT2D eigenvalue weighted by atomic mass is 10.1. The first-order valence-electron chi connectivity index (χ1n) is 7.08. The molecule has 0 saturated carbocycles. The largest absolute Gasteiger partial charge is 0.398 e. The van der Waals surface area contributed by atoms with Crippen LogP contribution in [0.3, 0.4) is 0 Å². The van der Waals surface area contributed by atoms with E-state index in [1.165, 1.54) is 19.4 Å². The molecule has 2 N–H and O–H groups in total. The summed E-state index contributed by atoms with van der Waals surface area (Å²) >= 11 is 0. The van der Waals surface area contributed by atoms with Gasteiger partial charge in [-0.25, -0.2) is 0 Å². The zero-order valence-corrected chi connectivity index (χ0v) is 12.6. The summed E-state index contributed by atoms with van der Waals surface area (Å²) in [4.78, 5) is 9.40. The Morgan fingerprint density at radius 1 is 1.42 bits per heavy atom. The Kier molecular flexibility index (Phi) is 4.42. The van der Waals surface area contributed by atoms with E-state index in [1.54, 1.807) is 0 Å². The minimum Gasteiger partial charge on any atom is -0.398 e. The van der Waals surface area contributed by atoms with Gasteiger partial charge in [0.1, 0.15) is 0 Å². The van der Waals surface area contributed by atoms with Gasteiger partial charge in [-0.1, -0.05) is 0 Å². The van der Waals surface area contributed by atoms with Crippen LogP contribution in [0.2, 0.25) is 0 Å². The van der Waals surface area contributed by atoms with Crippen LogP contribution in [-0.2, 0) is 6.54 Å². The monoisotopic (exact) mass is 262 g/mol. The predicted octanol–water partition coefficient (Wildman–Crippen LogP) is 1.81. The maximum Gasteiger partial charge on any atom is 0.0593 e. The van der Waals surface area contributed by atoms with Gasteiger partial charge in [0, 0.05) is 31.0 Å². The van der Waals surface area contributed by atoms with E-state index in [0.717, 1.165) is 35.6 Å². The van der Waals surface area contributed by atoms with Crippen molar-refractivity contribution in [1.29, 1.82) is 0 Å². The molecule has 0 aromatic carbocycles. The van der Waals surface area contributed by atoms with E-state index in [1.807, 2.05) is 13.1 Å². The molecule has 1 fully saturated rings. The number of likely N-dealkylation sites (N-methyl/N-ethyl adjacent to an activating group) is 1. The molecule has 0 radical (unpaired) electrons. The molecule has 1 unspecified atom stereocenters. The summed E-state index contributed by atoms with van der Waals surface area (Å²) in [5, 5.41) is 0. The summed E-state index contributed by atoms with van der Waals surface area (Å²) in [6.07, 6.45) is 4.48. The lowest BCUT2D eigenvalue weighted by molar-refractivity contribution is 0.199. The second-order valence-electron chi connectivity index (χ2n) is 5.96. The highest BCUT2D eigenvalue weighted by atomic mass is 15.2. The van der Waals surface area contributed by atoms with E-state index >= 15 is 0 Å². The summed E-state index contributed by atoms with van der Waals surface area (Å²) in [5.74, 6) is 0. The molecular weight excluding hydrogens is 236 g/mol. The molecule has 1 aliphatic heterocycles. The van der Waals surface area contributed by atoms with Crippen molar-refractivity contribution in [3.05, 3.63) is 23.0 Å². The smallest absolute Gasteiger partial charge is 0.0593 e. The second kappa shape index (κ2) is 5.88. The Morgan fingerprint density at radius 3 is 2.84 bits per heavy atom. The quantitative estimate of drug-likeness (QED) is 0.899. The van der Waals surface area contributed by atoms with E-state index in [9.17, 15) is 0 Å². The van der Waals surface area contributed by atoms with Gasteiger partial charge in [-0.3, -0.25) is 9.88 Å². The molecule has 1 atom stereocenters. The van der Waals surface area contributed by atoms with Crippen LogP contribution in [-0.4, -0.2) is 48.0 Å². The number of hydrogen-bond donors (Lipinski definition) is 1. The number of likely N-dealkylation sites (tertiary alicyclic amines) is 1. The van der Waals surface area contributed by atoms with Crippen LogP contribution < -0.4 is 5.73 Å². The second-order valence-corrected chi connectivity index (χ2v) is 5.96. The van der Waals surface area contributed by atoms with Gasteiger partial charge in [-0.05, 0) is 58.5 Å². The molecule has 1 saturated heterocycles. The fourth-order valence-corrected chi connectivity index (χ4v) is 2.88. The highest BCUT2D eigenvalue weighted by Gasteiger charge is 2.25. The minimum absolute atomic E-state index is 0.652. The van der Waals surface area contributed by atoms with Crippen molar-refractivity contribution in [2.45, 2.75) is 39.3 Å². The average molecular weight is 262 g/mol. The highest BCUT2D eigenvalue weighted by Crippen LogP contribution is 2.24. The lowest BCUT2D eigenvalue weighted by Crippen LogP contribution is -2.37. The Morgan fingerprint density at radius 2 is 2.16 bits per heavy atom. The normalized spacial score (nSPS) is 20.4. The summed E-state index contributed by atoms with van der Waals surface area (Å²) < 4.78 is 0. The van der Waals surface area contributed by atoms with Crippen molar-refractivity contribution in [1.82, 2.24) is 14.8 Å². The molecule has 1 aliphatic rings. The molecule has 4 nitrogen and oxygen atoms in total. The first-order chi connectivity index (χ1) is 8.99. The van der Waals surface area contributed by atoms with Crippen molar-refractivity contribution in [2.75, 3.05) is 32.9 Å². The molecular formula is C15H26N4. The molecule has 1 aromatic rings. The topological polar surface area (TPSA) is 45.4 Å². The van der Waals surface area contributed by atoms with Crippen molar-refractivity contribution < 1.29 is 0 Å². The molecule has 0 amide bonds. The number of nitrogens with zero attached hydrogens (tertiary/aromatic N) is 3.